The van der Waals surface area contributed by atoms with Gasteiger partial charge in [0.15, 0.2) is 0 Å². The van der Waals surface area contributed by atoms with E-state index < -0.39 is 11.6 Å². The maximum atomic E-state index is 11.7. The Labute approximate surface area is 182 Å². The van der Waals surface area contributed by atoms with Crippen LogP contribution in [0.1, 0.15) is 72.0 Å². The average molecular weight is 416 g/mol. The number of fused-ring (bicyclic) bond motifs is 5. The Hall–Kier alpha value is -2.77. The average Bonchev–Trinajstić information content (AvgIpc) is 3.03. The first-order valence-corrected chi connectivity index (χ1v) is 11.2. The molecule has 3 aliphatic carbocycles. The summed E-state index contributed by atoms with van der Waals surface area (Å²) in [5.41, 5.74) is 1.98. The number of benzene rings is 2. The van der Waals surface area contributed by atoms with Gasteiger partial charge in [0.2, 0.25) is 0 Å². The molecule has 2 fully saturated rings. The van der Waals surface area contributed by atoms with Crippen LogP contribution in [0.3, 0.4) is 0 Å². The molecule has 31 heavy (non-hydrogen) atoms. The number of aryl methyl sites for hydroxylation is 1. The number of phenols is 1. The summed E-state index contributed by atoms with van der Waals surface area (Å²) in [7, 11) is 0. The van der Waals surface area contributed by atoms with Crippen LogP contribution in [0.5, 0.6) is 5.75 Å². The Morgan fingerprint density at radius 1 is 1.13 bits per heavy atom. The lowest BCUT2D eigenvalue weighted by Gasteiger charge is -2.52. The topological polar surface area (TPSA) is 80.6 Å². The molecule has 2 saturated carbocycles. The first kappa shape index (κ1) is 20.2. The van der Waals surface area contributed by atoms with Gasteiger partial charge in [-0.1, -0.05) is 37.0 Å². The summed E-state index contributed by atoms with van der Waals surface area (Å²) in [6, 6.07) is 12.2. The van der Waals surface area contributed by atoms with E-state index in [1.165, 1.54) is 23.3 Å². The second kappa shape index (κ2) is 7.14. The zero-order chi connectivity index (χ0) is 21.8. The first-order chi connectivity index (χ1) is 14.8. The van der Waals surface area contributed by atoms with Gasteiger partial charge >= 0.3 is 0 Å². The molecule has 0 heterocycles. The highest BCUT2D eigenvalue weighted by Gasteiger charge is 2.61. The maximum Gasteiger partial charge on any atom is 0.131 e. The van der Waals surface area contributed by atoms with Gasteiger partial charge in [0.1, 0.15) is 11.4 Å². The van der Waals surface area contributed by atoms with E-state index in [1.807, 2.05) is 6.07 Å². The summed E-state index contributed by atoms with van der Waals surface area (Å²) in [5, 5.41) is 32.7. The van der Waals surface area contributed by atoms with Crippen molar-refractivity contribution >= 4 is 5.97 Å². The minimum absolute atomic E-state index is 0.0988. The van der Waals surface area contributed by atoms with Crippen LogP contribution in [0, 0.1) is 29.1 Å². The van der Waals surface area contributed by atoms with Gasteiger partial charge in [0.05, 0.1) is 5.97 Å². The van der Waals surface area contributed by atoms with Gasteiger partial charge < -0.3 is 20.1 Å². The van der Waals surface area contributed by atoms with E-state index in [2.05, 4.69) is 24.8 Å². The van der Waals surface area contributed by atoms with E-state index in [4.69, 9.17) is 0 Å². The van der Waals surface area contributed by atoms with E-state index in [1.54, 1.807) is 18.2 Å². The molecule has 5 rings (SSSR count). The van der Waals surface area contributed by atoms with Crippen LogP contribution in [-0.4, -0.2) is 21.8 Å². The number of carboxylic acids is 1. The lowest BCUT2D eigenvalue weighted by atomic mass is 9.53. The first-order valence-electron chi connectivity index (χ1n) is 11.2. The minimum Gasteiger partial charge on any atom is -0.545 e. The van der Waals surface area contributed by atoms with Crippen molar-refractivity contribution in [3.8, 4) is 17.6 Å². The molecule has 5 atom stereocenters. The minimum atomic E-state index is -1.22. The van der Waals surface area contributed by atoms with Gasteiger partial charge in [-0.05, 0) is 97.2 Å². The van der Waals surface area contributed by atoms with Crippen LogP contribution in [0.2, 0.25) is 0 Å². The van der Waals surface area contributed by atoms with E-state index in [9.17, 15) is 20.1 Å². The Bertz CT molecular complexity index is 1110. The number of aliphatic hydroxyl groups is 1. The number of aromatic carboxylic acids is 1. The molecule has 4 nitrogen and oxygen atoms in total. The molecule has 0 amide bonds. The molecule has 0 aromatic heterocycles. The van der Waals surface area contributed by atoms with Gasteiger partial charge in [-0.25, -0.2) is 0 Å². The monoisotopic (exact) mass is 415 g/mol. The Kier molecular flexibility index (Phi) is 4.64. The molecular weight excluding hydrogens is 388 g/mol. The molecule has 0 aliphatic heterocycles. The molecular formula is C27H27O4-. The highest BCUT2D eigenvalue weighted by molar-refractivity contribution is 5.86. The standard InChI is InChI=1S/C27H28O4/c1-26-12-10-22-21-8-6-20(28)16-18(21)5-7-23(22)24(26)11-14-27(26,31)13-9-17-3-2-4-19(15-17)25(29)30/h2-4,6,8,15-16,22-24,28,31H,5,7,10-12,14H2,1H3,(H,29,30)/p-1/t22?,23?,24?,26-,27-/m0/s1. The maximum absolute atomic E-state index is 11.7. The Balaban J connectivity index is 1.44. The number of aromatic hydroxyl groups is 1. The van der Waals surface area contributed by atoms with Crippen molar-refractivity contribution < 1.29 is 20.1 Å². The largest absolute Gasteiger partial charge is 0.545 e. The van der Waals surface area contributed by atoms with Crippen molar-refractivity contribution in [1.82, 2.24) is 0 Å². The van der Waals surface area contributed by atoms with Gasteiger partial charge in [-0.2, -0.15) is 0 Å². The molecule has 2 aromatic rings. The smallest absolute Gasteiger partial charge is 0.131 e. The molecule has 3 aliphatic rings. The molecule has 160 valence electrons. The normalized spacial score (nSPS) is 33.4. The van der Waals surface area contributed by atoms with Crippen LogP contribution >= 0.6 is 0 Å². The SMILES string of the molecule is C[C@]12CCC3c4ccc(O)cc4CCC3C1CC[C@@]2(O)C#Cc1cccc(C(=O)[O-])c1. The van der Waals surface area contributed by atoms with Gasteiger partial charge in [-0.15, -0.1) is 0 Å². The Morgan fingerprint density at radius 3 is 2.77 bits per heavy atom. The summed E-state index contributed by atoms with van der Waals surface area (Å²) in [4.78, 5) is 11.1. The fourth-order valence-corrected chi connectivity index (χ4v) is 6.69. The number of phenolic OH excluding ortho intramolecular Hbond substituents is 1. The quantitative estimate of drug-likeness (QED) is 0.700. The lowest BCUT2D eigenvalue weighted by molar-refractivity contribution is -0.255. The predicted octanol–water partition coefficient (Wildman–Crippen LogP) is 3.39. The number of rotatable bonds is 1. The zero-order valence-corrected chi connectivity index (χ0v) is 17.7. The number of hydrogen-bond acceptors (Lipinski definition) is 4. The van der Waals surface area contributed by atoms with E-state index in [-0.39, 0.29) is 11.0 Å². The fourth-order valence-electron chi connectivity index (χ4n) is 6.69. The fraction of sp³-hybridized carbons (Fsp3) is 0.444. The molecule has 0 bridgehead atoms. The number of carboxylic acid groups (broad SMARTS) is 1. The highest BCUT2D eigenvalue weighted by atomic mass is 16.4. The second-order valence-electron chi connectivity index (χ2n) is 9.77. The zero-order valence-electron chi connectivity index (χ0n) is 17.7. The number of hydrogen-bond donors (Lipinski definition) is 2. The third kappa shape index (κ3) is 3.15. The van der Waals surface area contributed by atoms with Crippen molar-refractivity contribution in [2.75, 3.05) is 0 Å². The molecule has 0 radical (unpaired) electrons. The van der Waals surface area contributed by atoms with E-state index in [0.29, 0.717) is 35.5 Å². The van der Waals surface area contributed by atoms with Crippen LogP contribution in [0.25, 0.3) is 0 Å². The molecule has 3 unspecified atom stereocenters. The highest BCUT2D eigenvalue weighted by Crippen LogP contribution is 2.64. The summed E-state index contributed by atoms with van der Waals surface area (Å²) >= 11 is 0. The van der Waals surface area contributed by atoms with Crippen LogP contribution < -0.4 is 5.11 Å². The second-order valence-corrected chi connectivity index (χ2v) is 9.77. The third-order valence-electron chi connectivity index (χ3n) is 8.37. The summed E-state index contributed by atoms with van der Waals surface area (Å²) in [6.07, 6.45) is 5.57. The summed E-state index contributed by atoms with van der Waals surface area (Å²) in [6.45, 7) is 2.19. The van der Waals surface area contributed by atoms with Crippen molar-refractivity contribution in [3.63, 3.8) is 0 Å². The van der Waals surface area contributed by atoms with Gasteiger partial charge in [0.25, 0.3) is 0 Å². The number of carbonyl (C=O) groups excluding carboxylic acids is 1. The van der Waals surface area contributed by atoms with Crippen LogP contribution in [0.15, 0.2) is 42.5 Å². The third-order valence-corrected chi connectivity index (χ3v) is 8.37. The summed E-state index contributed by atoms with van der Waals surface area (Å²) in [5.74, 6) is 6.74. The number of carbonyl (C=O) groups is 1. The van der Waals surface area contributed by atoms with Gasteiger partial charge in [0, 0.05) is 11.0 Å². The molecule has 0 saturated heterocycles. The molecule has 0 spiro atoms. The van der Waals surface area contributed by atoms with Crippen molar-refractivity contribution in [1.29, 1.82) is 0 Å². The van der Waals surface area contributed by atoms with Crippen molar-refractivity contribution in [3.05, 3.63) is 64.7 Å². The molecule has 2 aromatic carbocycles. The predicted molar refractivity (Wildman–Crippen MR) is 115 cm³/mol. The van der Waals surface area contributed by atoms with Gasteiger partial charge in [-0.3, -0.25) is 0 Å². The van der Waals surface area contributed by atoms with E-state index in [0.717, 1.165) is 32.1 Å². The van der Waals surface area contributed by atoms with E-state index >= 15 is 0 Å². The summed E-state index contributed by atoms with van der Waals surface area (Å²) < 4.78 is 0. The Morgan fingerprint density at radius 2 is 1.97 bits per heavy atom. The van der Waals surface area contributed by atoms with Crippen LogP contribution in [0.4, 0.5) is 0 Å². The molecule has 4 heteroatoms. The lowest BCUT2D eigenvalue weighted by Crippen LogP contribution is -2.50. The van der Waals surface area contributed by atoms with Crippen molar-refractivity contribution in [2.24, 2.45) is 17.3 Å². The van der Waals surface area contributed by atoms with Crippen LogP contribution in [-0.2, 0) is 6.42 Å². The van der Waals surface area contributed by atoms with Crippen molar-refractivity contribution in [2.45, 2.75) is 57.0 Å². The molecule has 2 N–H and O–H groups in total.